The summed E-state index contributed by atoms with van der Waals surface area (Å²) in [7, 11) is 0. The number of aryl methyl sites for hydroxylation is 1. The van der Waals surface area contributed by atoms with E-state index in [2.05, 4.69) is 29.5 Å². The largest absolute Gasteiger partial charge is 0.489 e. The maximum absolute atomic E-state index is 12.9. The number of carbonyl (C=O) groups is 1. The Morgan fingerprint density at radius 1 is 1.32 bits per heavy atom. The van der Waals surface area contributed by atoms with Crippen molar-refractivity contribution in [2.24, 2.45) is 0 Å². The first kappa shape index (κ1) is 21.3. The fourth-order valence-electron chi connectivity index (χ4n) is 3.76. The van der Waals surface area contributed by atoms with Gasteiger partial charge >= 0.3 is 0 Å². The number of nitrogens with one attached hydrogen (secondary N) is 2. The van der Waals surface area contributed by atoms with Crippen molar-refractivity contribution in [3.05, 3.63) is 64.5 Å². The van der Waals surface area contributed by atoms with Gasteiger partial charge in [-0.15, -0.1) is 0 Å². The highest BCUT2D eigenvalue weighted by Crippen LogP contribution is 2.30. The van der Waals surface area contributed by atoms with Gasteiger partial charge in [0.15, 0.2) is 5.13 Å². The van der Waals surface area contributed by atoms with Gasteiger partial charge in [-0.25, -0.2) is 4.98 Å². The zero-order valence-corrected chi connectivity index (χ0v) is 18.7. The predicted molar refractivity (Wildman–Crippen MR) is 127 cm³/mol. The molecule has 1 saturated heterocycles. The summed E-state index contributed by atoms with van der Waals surface area (Å²) >= 11 is 1.27. The molecule has 2 heterocycles. The van der Waals surface area contributed by atoms with Crippen LogP contribution in [-0.4, -0.2) is 29.5 Å². The summed E-state index contributed by atoms with van der Waals surface area (Å²) < 4.78 is 6.06. The van der Waals surface area contributed by atoms with Crippen LogP contribution in [0.2, 0.25) is 0 Å². The van der Waals surface area contributed by atoms with Crippen molar-refractivity contribution in [1.82, 2.24) is 10.3 Å². The van der Waals surface area contributed by atoms with Crippen LogP contribution in [0.1, 0.15) is 47.5 Å². The second-order valence-electron chi connectivity index (χ2n) is 7.79. The van der Waals surface area contributed by atoms with Crippen LogP contribution < -0.4 is 21.1 Å². The Balaban J connectivity index is 1.42. The Labute approximate surface area is 186 Å². The van der Waals surface area contributed by atoms with E-state index in [1.54, 1.807) is 0 Å². The Morgan fingerprint density at radius 3 is 2.84 bits per heavy atom. The fraction of sp³-hybridized carbons (Fsp3) is 0.333. The van der Waals surface area contributed by atoms with Crippen LogP contribution in [-0.2, 0) is 6.42 Å². The molecule has 1 aliphatic rings. The SMILES string of the molecule is CCc1cccc(C(=O)c2sc(Nc3ccc(O[C@@H](C)C4CCCN4)cc3)nc2N)c1. The second-order valence-corrected chi connectivity index (χ2v) is 8.79. The summed E-state index contributed by atoms with van der Waals surface area (Å²) in [6, 6.07) is 15.8. The highest BCUT2D eigenvalue weighted by Gasteiger charge is 2.22. The lowest BCUT2D eigenvalue weighted by atomic mass is 10.1. The molecule has 0 saturated carbocycles. The van der Waals surface area contributed by atoms with Crippen molar-refractivity contribution in [2.75, 3.05) is 17.6 Å². The van der Waals surface area contributed by atoms with Gasteiger partial charge in [0.25, 0.3) is 0 Å². The minimum absolute atomic E-state index is 0.100. The van der Waals surface area contributed by atoms with Crippen molar-refractivity contribution >= 4 is 33.8 Å². The molecule has 4 N–H and O–H groups in total. The van der Waals surface area contributed by atoms with Crippen LogP contribution in [0.4, 0.5) is 16.6 Å². The van der Waals surface area contributed by atoms with Crippen LogP contribution >= 0.6 is 11.3 Å². The van der Waals surface area contributed by atoms with Crippen LogP contribution in [0.15, 0.2) is 48.5 Å². The van der Waals surface area contributed by atoms with Gasteiger partial charge in [0.2, 0.25) is 5.78 Å². The van der Waals surface area contributed by atoms with E-state index < -0.39 is 0 Å². The molecule has 0 radical (unpaired) electrons. The van der Waals surface area contributed by atoms with Gasteiger partial charge in [-0.1, -0.05) is 36.5 Å². The Morgan fingerprint density at radius 2 is 2.13 bits per heavy atom. The normalized spacial score (nSPS) is 16.8. The Kier molecular flexibility index (Phi) is 6.53. The fourth-order valence-corrected chi connectivity index (χ4v) is 4.63. The summed E-state index contributed by atoms with van der Waals surface area (Å²) in [6.07, 6.45) is 3.35. The highest BCUT2D eigenvalue weighted by molar-refractivity contribution is 7.18. The number of nitrogen functional groups attached to an aromatic ring is 1. The molecule has 1 unspecified atom stereocenters. The van der Waals surface area contributed by atoms with Crippen molar-refractivity contribution < 1.29 is 9.53 Å². The van der Waals surface area contributed by atoms with Crippen LogP contribution in [0.25, 0.3) is 0 Å². The number of ether oxygens (including phenoxy) is 1. The quantitative estimate of drug-likeness (QED) is 0.440. The number of rotatable bonds is 8. The molecule has 162 valence electrons. The summed E-state index contributed by atoms with van der Waals surface area (Å²) in [5.74, 6) is 0.978. The van der Waals surface area contributed by atoms with Crippen LogP contribution in [0, 0.1) is 0 Å². The molecule has 2 atom stereocenters. The first-order valence-corrected chi connectivity index (χ1v) is 11.5. The molecule has 31 heavy (non-hydrogen) atoms. The number of hydrogen-bond acceptors (Lipinski definition) is 7. The molecular weight excluding hydrogens is 408 g/mol. The van der Waals surface area contributed by atoms with Crippen LogP contribution in [0.3, 0.4) is 0 Å². The Hall–Kier alpha value is -2.90. The molecule has 0 aliphatic carbocycles. The van der Waals surface area contributed by atoms with Gasteiger partial charge in [-0.3, -0.25) is 4.79 Å². The molecule has 4 rings (SSSR count). The number of anilines is 3. The maximum Gasteiger partial charge on any atom is 0.206 e. The smallest absolute Gasteiger partial charge is 0.206 e. The van der Waals surface area contributed by atoms with Gasteiger partial charge < -0.3 is 21.1 Å². The summed E-state index contributed by atoms with van der Waals surface area (Å²) in [4.78, 5) is 17.7. The lowest BCUT2D eigenvalue weighted by Crippen LogP contribution is -2.36. The zero-order chi connectivity index (χ0) is 21.8. The van der Waals surface area contributed by atoms with Gasteiger partial charge in [0.05, 0.1) is 0 Å². The number of ketones is 1. The molecule has 2 aromatic carbocycles. The van der Waals surface area contributed by atoms with E-state index in [1.165, 1.54) is 17.8 Å². The molecule has 1 fully saturated rings. The highest BCUT2D eigenvalue weighted by atomic mass is 32.1. The molecular formula is C24H28N4O2S. The summed E-state index contributed by atoms with van der Waals surface area (Å²) in [5.41, 5.74) is 8.67. The van der Waals surface area contributed by atoms with Gasteiger partial charge in [0.1, 0.15) is 22.5 Å². The molecule has 0 bridgehead atoms. The van der Waals surface area contributed by atoms with Gasteiger partial charge in [0, 0.05) is 17.3 Å². The maximum atomic E-state index is 12.9. The molecule has 0 amide bonds. The number of nitrogens with two attached hydrogens (primary N) is 1. The van der Waals surface area contributed by atoms with E-state index in [-0.39, 0.29) is 17.7 Å². The van der Waals surface area contributed by atoms with Crippen LogP contribution in [0.5, 0.6) is 5.75 Å². The van der Waals surface area contributed by atoms with Crippen molar-refractivity contribution in [1.29, 1.82) is 0 Å². The zero-order valence-electron chi connectivity index (χ0n) is 17.9. The summed E-state index contributed by atoms with van der Waals surface area (Å²) in [6.45, 7) is 5.23. The number of hydrogen-bond donors (Lipinski definition) is 3. The average molecular weight is 437 g/mol. The number of carbonyl (C=O) groups excluding carboxylic acids is 1. The second kappa shape index (κ2) is 9.49. The lowest BCUT2D eigenvalue weighted by molar-refractivity contribution is 0.104. The first-order valence-electron chi connectivity index (χ1n) is 10.7. The number of thiazole rings is 1. The minimum atomic E-state index is -0.100. The molecule has 7 heteroatoms. The third kappa shape index (κ3) is 5.06. The van der Waals surface area contributed by atoms with E-state index in [0.29, 0.717) is 21.6 Å². The molecule has 3 aromatic rings. The van der Waals surface area contributed by atoms with Gasteiger partial charge in [-0.2, -0.15) is 0 Å². The number of benzene rings is 2. The average Bonchev–Trinajstić information content (AvgIpc) is 3.45. The predicted octanol–water partition coefficient (Wildman–Crippen LogP) is 4.78. The third-order valence-corrected chi connectivity index (χ3v) is 6.54. The van der Waals surface area contributed by atoms with Crippen molar-refractivity contribution in [3.63, 3.8) is 0 Å². The van der Waals surface area contributed by atoms with E-state index >= 15 is 0 Å². The molecule has 0 spiro atoms. The molecule has 6 nitrogen and oxygen atoms in total. The summed E-state index contributed by atoms with van der Waals surface area (Å²) in [5, 5.41) is 7.30. The monoisotopic (exact) mass is 436 g/mol. The van der Waals surface area contributed by atoms with E-state index in [4.69, 9.17) is 10.5 Å². The standard InChI is InChI=1S/C24H28N4O2S/c1-3-16-6-4-7-17(14-16)21(29)22-23(25)28-24(31-22)27-18-9-11-19(12-10-18)30-15(2)20-8-5-13-26-20/h4,6-7,9-12,14-15,20,26H,3,5,8,13,25H2,1-2H3,(H,27,28)/t15-,20?/m0/s1. The Bertz CT molecular complexity index is 1040. The number of aromatic nitrogens is 1. The van der Waals surface area contributed by atoms with E-state index in [9.17, 15) is 4.79 Å². The van der Waals surface area contributed by atoms with Crippen molar-refractivity contribution in [2.45, 2.75) is 45.3 Å². The first-order chi connectivity index (χ1) is 15.0. The lowest BCUT2D eigenvalue weighted by Gasteiger charge is -2.21. The van der Waals surface area contributed by atoms with E-state index in [0.717, 1.165) is 36.4 Å². The van der Waals surface area contributed by atoms with Gasteiger partial charge in [-0.05, 0) is 68.6 Å². The van der Waals surface area contributed by atoms with Crippen molar-refractivity contribution in [3.8, 4) is 5.75 Å². The third-order valence-electron chi connectivity index (χ3n) is 5.55. The van der Waals surface area contributed by atoms with E-state index in [1.807, 2.05) is 48.5 Å². The topological polar surface area (TPSA) is 89.3 Å². The minimum Gasteiger partial charge on any atom is -0.489 e. The number of nitrogens with zero attached hydrogens (tertiary/aromatic N) is 1. The molecule has 1 aromatic heterocycles. The molecule has 1 aliphatic heterocycles.